The molecule has 1 N–H and O–H groups in total. The highest BCUT2D eigenvalue weighted by atomic mass is 16.4. The van der Waals surface area contributed by atoms with Crippen LogP contribution in [0.1, 0.15) is 26.7 Å². The van der Waals surface area contributed by atoms with Crippen LogP contribution in [-0.4, -0.2) is 53.1 Å². The minimum Gasteiger partial charge on any atom is -0.480 e. The highest BCUT2D eigenvalue weighted by Crippen LogP contribution is 2.34. The Hall–Kier alpha value is -1.26. The smallest absolute Gasteiger partial charge is 0.323 e. The van der Waals surface area contributed by atoms with Crippen molar-refractivity contribution in [1.29, 1.82) is 0 Å². The van der Waals surface area contributed by atoms with Crippen LogP contribution in [0.25, 0.3) is 0 Å². The SMILES string of the molecule is CCN(CC(=O)O)C(=O)N(C)C(C)C1CC1. The maximum absolute atomic E-state index is 12.0. The van der Waals surface area contributed by atoms with Gasteiger partial charge in [-0.2, -0.15) is 0 Å². The predicted molar refractivity (Wildman–Crippen MR) is 60.2 cm³/mol. The van der Waals surface area contributed by atoms with Crippen molar-refractivity contribution >= 4 is 12.0 Å². The largest absolute Gasteiger partial charge is 0.480 e. The van der Waals surface area contributed by atoms with Crippen LogP contribution >= 0.6 is 0 Å². The summed E-state index contributed by atoms with van der Waals surface area (Å²) in [7, 11) is 1.75. The van der Waals surface area contributed by atoms with Gasteiger partial charge in [0.25, 0.3) is 0 Å². The molecule has 0 aliphatic heterocycles. The number of rotatable bonds is 5. The molecule has 1 unspecified atom stereocenters. The molecule has 0 spiro atoms. The molecule has 1 fully saturated rings. The number of urea groups is 1. The summed E-state index contributed by atoms with van der Waals surface area (Å²) in [6, 6.07) is 0.0136. The van der Waals surface area contributed by atoms with E-state index in [1.165, 1.54) is 17.7 Å². The van der Waals surface area contributed by atoms with Gasteiger partial charge in [-0.15, -0.1) is 0 Å². The van der Waals surface area contributed by atoms with E-state index < -0.39 is 5.97 Å². The maximum atomic E-state index is 12.0. The van der Waals surface area contributed by atoms with Gasteiger partial charge in [-0.05, 0) is 32.6 Å². The minimum atomic E-state index is -0.970. The third kappa shape index (κ3) is 3.12. The monoisotopic (exact) mass is 228 g/mol. The fraction of sp³-hybridized carbons (Fsp3) is 0.818. The number of carboxylic acid groups (broad SMARTS) is 1. The second kappa shape index (κ2) is 5.18. The van der Waals surface area contributed by atoms with Gasteiger partial charge in [0.15, 0.2) is 0 Å². The standard InChI is InChI=1S/C11H20N2O3/c1-4-13(7-10(14)15)11(16)12(3)8(2)9-5-6-9/h8-9H,4-7H2,1-3H3,(H,14,15). The number of hydrogen-bond donors (Lipinski definition) is 1. The average molecular weight is 228 g/mol. The van der Waals surface area contributed by atoms with Crippen molar-refractivity contribution in [2.45, 2.75) is 32.7 Å². The Morgan fingerprint density at radius 2 is 2.00 bits per heavy atom. The molecule has 0 heterocycles. The maximum Gasteiger partial charge on any atom is 0.323 e. The molecule has 92 valence electrons. The van der Waals surface area contributed by atoms with Gasteiger partial charge >= 0.3 is 12.0 Å². The van der Waals surface area contributed by atoms with Crippen molar-refractivity contribution in [3.05, 3.63) is 0 Å². The zero-order valence-corrected chi connectivity index (χ0v) is 10.1. The lowest BCUT2D eigenvalue weighted by molar-refractivity contribution is -0.137. The molecule has 2 amide bonds. The van der Waals surface area contributed by atoms with Gasteiger partial charge in [0.2, 0.25) is 0 Å². The van der Waals surface area contributed by atoms with Crippen LogP contribution in [0.4, 0.5) is 4.79 Å². The van der Waals surface area contributed by atoms with Crippen LogP contribution in [0.2, 0.25) is 0 Å². The Morgan fingerprint density at radius 1 is 1.44 bits per heavy atom. The topological polar surface area (TPSA) is 60.9 Å². The summed E-state index contributed by atoms with van der Waals surface area (Å²) in [6.45, 7) is 4.00. The van der Waals surface area contributed by atoms with E-state index in [1.54, 1.807) is 18.9 Å². The van der Waals surface area contributed by atoms with Crippen molar-refractivity contribution in [2.75, 3.05) is 20.1 Å². The molecule has 1 aliphatic carbocycles. The first-order chi connectivity index (χ1) is 7.47. The number of hydrogen-bond acceptors (Lipinski definition) is 2. The molecule has 1 rings (SSSR count). The molecule has 0 aromatic carbocycles. The molecule has 0 saturated heterocycles. The van der Waals surface area contributed by atoms with Crippen molar-refractivity contribution in [3.8, 4) is 0 Å². The number of aliphatic carboxylic acids is 1. The number of carbonyl (C=O) groups excluding carboxylic acids is 1. The van der Waals surface area contributed by atoms with Crippen molar-refractivity contribution < 1.29 is 14.7 Å². The van der Waals surface area contributed by atoms with Crippen LogP contribution in [0, 0.1) is 5.92 Å². The zero-order chi connectivity index (χ0) is 12.3. The number of carbonyl (C=O) groups is 2. The Bertz CT molecular complexity index is 276. The molecular weight excluding hydrogens is 208 g/mol. The summed E-state index contributed by atoms with van der Waals surface area (Å²) in [5.41, 5.74) is 0. The summed E-state index contributed by atoms with van der Waals surface area (Å²) in [4.78, 5) is 25.6. The lowest BCUT2D eigenvalue weighted by Gasteiger charge is -2.30. The Kier molecular flexibility index (Phi) is 4.15. The van der Waals surface area contributed by atoms with E-state index in [9.17, 15) is 9.59 Å². The lowest BCUT2D eigenvalue weighted by atomic mass is 10.2. The lowest BCUT2D eigenvalue weighted by Crippen LogP contribution is -2.47. The fourth-order valence-electron chi connectivity index (χ4n) is 1.77. The van der Waals surface area contributed by atoms with Gasteiger partial charge in [-0.1, -0.05) is 0 Å². The van der Waals surface area contributed by atoms with Gasteiger partial charge in [0, 0.05) is 19.6 Å². The van der Waals surface area contributed by atoms with Crippen LogP contribution in [0.3, 0.4) is 0 Å². The van der Waals surface area contributed by atoms with Gasteiger partial charge in [-0.25, -0.2) is 4.79 Å². The normalized spacial score (nSPS) is 16.7. The molecule has 5 nitrogen and oxygen atoms in total. The van der Waals surface area contributed by atoms with Crippen LogP contribution in [0.5, 0.6) is 0 Å². The molecule has 0 bridgehead atoms. The van der Waals surface area contributed by atoms with E-state index in [-0.39, 0.29) is 18.6 Å². The Labute approximate surface area is 96.0 Å². The van der Waals surface area contributed by atoms with Crippen molar-refractivity contribution in [2.24, 2.45) is 5.92 Å². The highest BCUT2D eigenvalue weighted by Gasteiger charge is 2.33. The summed E-state index contributed by atoms with van der Waals surface area (Å²) in [6.07, 6.45) is 2.34. The van der Waals surface area contributed by atoms with E-state index >= 15 is 0 Å². The van der Waals surface area contributed by atoms with E-state index in [2.05, 4.69) is 0 Å². The molecule has 1 aliphatic rings. The van der Waals surface area contributed by atoms with Crippen LogP contribution in [-0.2, 0) is 4.79 Å². The van der Waals surface area contributed by atoms with E-state index in [0.717, 1.165) is 0 Å². The highest BCUT2D eigenvalue weighted by molar-refractivity contribution is 5.80. The summed E-state index contributed by atoms with van der Waals surface area (Å²) in [5.74, 6) is -0.375. The number of likely N-dealkylation sites (N-methyl/N-ethyl adjacent to an activating group) is 1. The minimum absolute atomic E-state index is 0.190. The zero-order valence-electron chi connectivity index (χ0n) is 10.1. The first-order valence-corrected chi connectivity index (χ1v) is 5.70. The third-order valence-electron chi connectivity index (χ3n) is 3.20. The Morgan fingerprint density at radius 3 is 2.38 bits per heavy atom. The summed E-state index contributed by atoms with van der Waals surface area (Å²) >= 11 is 0. The van der Waals surface area contributed by atoms with E-state index in [0.29, 0.717) is 12.5 Å². The molecule has 1 atom stereocenters. The van der Waals surface area contributed by atoms with Gasteiger partial charge < -0.3 is 14.9 Å². The van der Waals surface area contributed by atoms with E-state index in [1.807, 2.05) is 6.92 Å². The summed E-state index contributed by atoms with van der Waals surface area (Å²) < 4.78 is 0. The van der Waals surface area contributed by atoms with E-state index in [4.69, 9.17) is 5.11 Å². The number of nitrogens with zero attached hydrogens (tertiary/aromatic N) is 2. The first kappa shape index (κ1) is 12.8. The Balaban J connectivity index is 2.55. The molecule has 5 heteroatoms. The molecule has 16 heavy (non-hydrogen) atoms. The third-order valence-corrected chi connectivity index (χ3v) is 3.20. The second-order valence-corrected chi connectivity index (χ2v) is 4.38. The average Bonchev–Trinajstić information content (AvgIpc) is 3.06. The number of amides is 2. The van der Waals surface area contributed by atoms with Crippen molar-refractivity contribution in [1.82, 2.24) is 9.80 Å². The molecule has 1 saturated carbocycles. The fourth-order valence-corrected chi connectivity index (χ4v) is 1.77. The predicted octanol–water partition coefficient (Wildman–Crippen LogP) is 1.24. The van der Waals surface area contributed by atoms with Crippen LogP contribution in [0.15, 0.2) is 0 Å². The van der Waals surface area contributed by atoms with Crippen LogP contribution < -0.4 is 0 Å². The summed E-state index contributed by atoms with van der Waals surface area (Å²) in [5, 5.41) is 8.69. The molecule has 0 aromatic heterocycles. The molecule has 0 aromatic rings. The van der Waals surface area contributed by atoms with Gasteiger partial charge in [0.1, 0.15) is 6.54 Å². The molecular formula is C11H20N2O3. The number of carboxylic acids is 1. The molecule has 0 radical (unpaired) electrons. The van der Waals surface area contributed by atoms with Crippen molar-refractivity contribution in [3.63, 3.8) is 0 Å². The van der Waals surface area contributed by atoms with Gasteiger partial charge in [-0.3, -0.25) is 4.79 Å². The quantitative estimate of drug-likeness (QED) is 0.770. The second-order valence-electron chi connectivity index (χ2n) is 4.38. The van der Waals surface area contributed by atoms with Gasteiger partial charge in [0.05, 0.1) is 0 Å². The first-order valence-electron chi connectivity index (χ1n) is 5.70.